The lowest BCUT2D eigenvalue weighted by Crippen LogP contribution is -2.67. The van der Waals surface area contributed by atoms with E-state index in [0.717, 1.165) is 17.7 Å². The standard InChI is InChI=1S/C72H108ClF3N12O12/c1-16-46(7)62-66(96)78-48(9)67(97)88-35-32-56(88)69(99)85(15)71(43-89,40-50-26-24-45(6)25-27-50)42-82(12)41-58(90)79-54(31-29-49-28-30-52(53(73)37-49)72(74,75)76)68(98)87-34-21-22-55(87)64(94)77-33-20-19-23-59(91)84(14)63(47(8)17-2)70(100)83(13)51(38-60(92)81(10)11)39-61(93)86(18-3)57(36-44(4)5)65(95)80-62/h24-28,30,37,43-44,46-48,51,54-57,62-63H,16-23,29,31-36,38-42H2,1-15H3,(H,77,94)(H,78,96)(H,79,90)(H,80,95)/t46-,47-,48-,51+,54-,55-,56-,57-,62-,63-,71-/m0/s1. The smallest absolute Gasteiger partial charge is 0.354 e. The molecule has 3 aliphatic heterocycles. The number of halogens is 4. The highest BCUT2D eigenvalue weighted by Crippen LogP contribution is 2.36. The molecule has 3 saturated heterocycles. The summed E-state index contributed by atoms with van der Waals surface area (Å²) >= 11 is 6.12. The van der Waals surface area contributed by atoms with Gasteiger partial charge in [-0.2, -0.15) is 13.2 Å². The second kappa shape index (κ2) is 37.3. The lowest BCUT2D eigenvalue weighted by atomic mass is 9.87. The van der Waals surface area contributed by atoms with Crippen molar-refractivity contribution in [1.29, 1.82) is 0 Å². The molecule has 0 spiro atoms. The van der Waals surface area contributed by atoms with E-state index in [0.29, 0.717) is 43.1 Å². The van der Waals surface area contributed by atoms with E-state index in [2.05, 4.69) is 21.3 Å². The molecule has 11 atom stereocenters. The van der Waals surface area contributed by atoms with Gasteiger partial charge in [-0.15, -0.1) is 0 Å². The third-order valence-electron chi connectivity index (χ3n) is 20.1. The Balaban J connectivity index is 1.56. The summed E-state index contributed by atoms with van der Waals surface area (Å²) in [7, 11) is 9.06. The monoisotopic (exact) mass is 1420 g/mol. The SMILES string of the molecule is CC[C@H](C)[C@@H]1NC(=O)[C@H](CC(C)C)N(CC)C(=O)C[C@@H](CC(=O)N(C)C)N(C)C(=O)[C@H]([C@@H](C)CC)N(C)C(=O)CCCCNC(=O)[C@@H]2CCCN2C(=O)[C@H](CCc2ccc(C(F)(F)F)c(Cl)c2)NC(=O)CN(C)C[C@](C=O)(Cc2ccc(C)cc2)N(C)C(=O)[C@@H]2CCN2C(=O)[C@H](C)NC1=O. The number of carbonyl (C=O) groups is 12. The first-order chi connectivity index (χ1) is 46.9. The average Bonchev–Trinajstić information content (AvgIpc) is 0.895. The molecule has 3 fully saturated rings. The molecular weight excluding hydrogens is 1320 g/mol. The molecule has 0 aromatic heterocycles. The van der Waals surface area contributed by atoms with E-state index >= 15 is 0 Å². The number of rotatable bonds is 15. The molecular formula is C72H108ClF3N12O12. The fourth-order valence-electron chi connectivity index (χ4n) is 13.3. The van der Waals surface area contributed by atoms with Crippen LogP contribution in [0.1, 0.15) is 155 Å². The van der Waals surface area contributed by atoms with Crippen LogP contribution in [0.25, 0.3) is 0 Å². The Kier molecular flexibility index (Phi) is 31.0. The van der Waals surface area contributed by atoms with Gasteiger partial charge < -0.3 is 60.4 Å². The Morgan fingerprint density at radius 2 is 1.38 bits per heavy atom. The van der Waals surface area contributed by atoms with Gasteiger partial charge in [-0.05, 0) is 120 Å². The largest absolute Gasteiger partial charge is 0.417 e. The van der Waals surface area contributed by atoms with E-state index < -0.39 is 155 Å². The second-order valence-corrected chi connectivity index (χ2v) is 28.7. The van der Waals surface area contributed by atoms with Crippen molar-refractivity contribution < 1.29 is 70.7 Å². The summed E-state index contributed by atoms with van der Waals surface area (Å²) < 4.78 is 41.3. The lowest BCUT2D eigenvalue weighted by molar-refractivity contribution is -0.158. The molecule has 0 unspecified atom stereocenters. The Labute approximate surface area is 592 Å². The fraction of sp³-hybridized carbons (Fsp3) is 0.667. The van der Waals surface area contributed by atoms with E-state index in [9.17, 15) is 70.7 Å². The fourth-order valence-corrected chi connectivity index (χ4v) is 13.7. The predicted molar refractivity (Wildman–Crippen MR) is 372 cm³/mol. The number of amides is 11. The van der Waals surface area contributed by atoms with Crippen LogP contribution in [-0.2, 0) is 76.6 Å². The van der Waals surface area contributed by atoms with Crippen LogP contribution in [0.15, 0.2) is 42.5 Å². The number of alkyl halides is 3. The predicted octanol–water partition coefficient (Wildman–Crippen LogP) is 5.41. The molecule has 2 aromatic rings. The zero-order valence-electron chi connectivity index (χ0n) is 61.1. The number of nitrogens with zero attached hydrogens (tertiary/aromatic N) is 8. The van der Waals surface area contributed by atoms with Crippen LogP contribution in [0.5, 0.6) is 0 Å². The van der Waals surface area contributed by atoms with Gasteiger partial charge in [0.05, 0.1) is 17.1 Å². The summed E-state index contributed by atoms with van der Waals surface area (Å²) in [6.07, 6.45) is -2.65. The number of hydrogen-bond donors (Lipinski definition) is 4. The minimum atomic E-state index is -4.74. The summed E-state index contributed by atoms with van der Waals surface area (Å²) in [5.41, 5.74) is -0.865. The van der Waals surface area contributed by atoms with Gasteiger partial charge in [0.2, 0.25) is 65.0 Å². The van der Waals surface area contributed by atoms with Crippen LogP contribution in [-0.4, -0.2) is 246 Å². The number of aldehydes is 1. The minimum absolute atomic E-state index is 0.0194. The van der Waals surface area contributed by atoms with Crippen molar-refractivity contribution in [3.63, 3.8) is 0 Å². The van der Waals surface area contributed by atoms with Gasteiger partial charge in [-0.25, -0.2) is 0 Å². The number of fused-ring (bicyclic) bond motifs is 2. The maximum absolute atomic E-state index is 15.0. The van der Waals surface area contributed by atoms with Crippen LogP contribution >= 0.6 is 11.6 Å². The Morgan fingerprint density at radius 1 is 0.740 bits per heavy atom. The molecule has 0 bridgehead atoms. The van der Waals surface area contributed by atoms with Crippen LogP contribution in [0.2, 0.25) is 5.02 Å². The molecule has 0 saturated carbocycles. The van der Waals surface area contributed by atoms with Crippen LogP contribution in [0.3, 0.4) is 0 Å². The third kappa shape index (κ3) is 21.7. The number of nitrogens with one attached hydrogen (secondary N) is 4. The van der Waals surface area contributed by atoms with Crippen molar-refractivity contribution >= 4 is 82.9 Å². The number of likely N-dealkylation sites (N-methyl/N-ethyl adjacent to an activating group) is 5. The van der Waals surface area contributed by atoms with Gasteiger partial charge >= 0.3 is 6.18 Å². The number of aryl methyl sites for hydroxylation is 2. The molecule has 28 heteroatoms. The molecule has 5 rings (SSSR count). The summed E-state index contributed by atoms with van der Waals surface area (Å²) in [4.78, 5) is 185. The van der Waals surface area contributed by atoms with Crippen LogP contribution in [0, 0.1) is 24.7 Å². The van der Waals surface area contributed by atoms with E-state index in [1.807, 2.05) is 53.7 Å². The zero-order valence-corrected chi connectivity index (χ0v) is 61.9. The first-order valence-corrected chi connectivity index (χ1v) is 35.5. The summed E-state index contributed by atoms with van der Waals surface area (Å²) in [5, 5.41) is 10.8. The maximum atomic E-state index is 15.0. The summed E-state index contributed by atoms with van der Waals surface area (Å²) in [5.74, 6) is -7.40. The molecule has 100 heavy (non-hydrogen) atoms. The maximum Gasteiger partial charge on any atom is 0.417 e. The highest BCUT2D eigenvalue weighted by Gasteiger charge is 2.48. The van der Waals surface area contributed by atoms with E-state index in [1.54, 1.807) is 47.1 Å². The van der Waals surface area contributed by atoms with Gasteiger partial charge in [0.15, 0.2) is 0 Å². The third-order valence-corrected chi connectivity index (χ3v) is 20.4. The molecule has 4 N–H and O–H groups in total. The van der Waals surface area contributed by atoms with Crippen molar-refractivity contribution in [3.8, 4) is 0 Å². The molecule has 3 aliphatic rings. The van der Waals surface area contributed by atoms with E-state index in [-0.39, 0.29) is 102 Å². The van der Waals surface area contributed by atoms with E-state index in [1.165, 1.54) is 73.3 Å². The topological polar surface area (TPSA) is 279 Å². The van der Waals surface area contributed by atoms with Crippen LogP contribution in [0.4, 0.5) is 13.2 Å². The molecule has 2 aromatic carbocycles. The zero-order chi connectivity index (χ0) is 74.8. The highest BCUT2D eigenvalue weighted by atomic mass is 35.5. The normalized spacial score (nSPS) is 25.9. The first kappa shape index (κ1) is 83.0. The number of carbonyl (C=O) groups excluding carboxylic acids is 12. The van der Waals surface area contributed by atoms with Gasteiger partial charge in [0, 0.05) is 99.7 Å². The molecule has 24 nitrogen and oxygen atoms in total. The molecule has 3 heterocycles. The van der Waals surface area contributed by atoms with E-state index in [4.69, 9.17) is 11.6 Å². The molecule has 0 aliphatic carbocycles. The quantitative estimate of drug-likeness (QED) is 0.163. The Morgan fingerprint density at radius 3 is 1.95 bits per heavy atom. The molecule has 11 amide bonds. The van der Waals surface area contributed by atoms with Gasteiger partial charge in [0.25, 0.3) is 0 Å². The van der Waals surface area contributed by atoms with Crippen molar-refractivity contribution in [1.82, 2.24) is 60.5 Å². The molecule has 0 radical (unpaired) electrons. The van der Waals surface area contributed by atoms with Crippen molar-refractivity contribution in [3.05, 3.63) is 69.7 Å². The van der Waals surface area contributed by atoms with Gasteiger partial charge in [0.1, 0.15) is 54.1 Å². The number of hydrogen-bond acceptors (Lipinski definition) is 13. The van der Waals surface area contributed by atoms with Crippen molar-refractivity contribution in [2.45, 2.75) is 212 Å². The Hall–Kier alpha value is -7.68. The lowest BCUT2D eigenvalue weighted by Gasteiger charge is -2.47. The molecule has 556 valence electrons. The summed E-state index contributed by atoms with van der Waals surface area (Å²) in [6, 6.07) is 1.33. The van der Waals surface area contributed by atoms with Gasteiger partial charge in [-0.1, -0.05) is 102 Å². The van der Waals surface area contributed by atoms with Crippen LogP contribution < -0.4 is 21.3 Å². The average molecular weight is 1430 g/mol. The van der Waals surface area contributed by atoms with Crippen molar-refractivity contribution in [2.75, 3.05) is 81.6 Å². The summed E-state index contributed by atoms with van der Waals surface area (Å²) in [6.45, 7) is 15.7. The Bertz CT molecular complexity index is 3230. The number of benzene rings is 2. The first-order valence-electron chi connectivity index (χ1n) is 35.1. The highest BCUT2D eigenvalue weighted by molar-refractivity contribution is 6.31. The van der Waals surface area contributed by atoms with Gasteiger partial charge in [-0.3, -0.25) is 57.6 Å². The second-order valence-electron chi connectivity index (χ2n) is 28.3. The minimum Gasteiger partial charge on any atom is -0.354 e. The van der Waals surface area contributed by atoms with Crippen molar-refractivity contribution in [2.24, 2.45) is 17.8 Å².